The summed E-state index contributed by atoms with van der Waals surface area (Å²) in [6, 6.07) is 12.5. The zero-order valence-corrected chi connectivity index (χ0v) is 11.9. The molecule has 2 N–H and O–H groups in total. The van der Waals surface area contributed by atoms with Gasteiger partial charge in [-0.2, -0.15) is 0 Å². The van der Waals surface area contributed by atoms with Crippen LogP contribution in [0.3, 0.4) is 0 Å². The van der Waals surface area contributed by atoms with Gasteiger partial charge >= 0.3 is 0 Å². The molecule has 0 saturated heterocycles. The second-order valence-electron chi connectivity index (χ2n) is 5.09. The summed E-state index contributed by atoms with van der Waals surface area (Å²) < 4.78 is 19.3. The van der Waals surface area contributed by atoms with Gasteiger partial charge in [0.05, 0.1) is 6.61 Å². The van der Waals surface area contributed by atoms with Crippen LogP contribution in [0.5, 0.6) is 5.75 Å². The first-order valence-electron chi connectivity index (χ1n) is 6.77. The van der Waals surface area contributed by atoms with E-state index in [0.717, 1.165) is 16.9 Å². The summed E-state index contributed by atoms with van der Waals surface area (Å²) in [5.74, 6) is 0.570. The van der Waals surface area contributed by atoms with Crippen LogP contribution in [0.25, 0.3) is 0 Å². The number of benzene rings is 2. The topological polar surface area (TPSA) is 35.2 Å². The van der Waals surface area contributed by atoms with Crippen LogP contribution >= 0.6 is 0 Å². The minimum Gasteiger partial charge on any atom is -0.494 e. The highest BCUT2D eigenvalue weighted by molar-refractivity contribution is 5.28. The number of hydrogen-bond donors (Lipinski definition) is 1. The molecule has 20 heavy (non-hydrogen) atoms. The predicted molar refractivity (Wildman–Crippen MR) is 79.4 cm³/mol. The van der Waals surface area contributed by atoms with Crippen molar-refractivity contribution in [1.29, 1.82) is 0 Å². The number of aryl methyl sites for hydroxylation is 2. The van der Waals surface area contributed by atoms with Crippen LogP contribution in [0.4, 0.5) is 4.39 Å². The third kappa shape index (κ3) is 3.81. The van der Waals surface area contributed by atoms with E-state index >= 15 is 0 Å². The van der Waals surface area contributed by atoms with Gasteiger partial charge in [-0.05, 0) is 37.6 Å². The molecule has 2 nitrogen and oxygen atoms in total. The molecule has 0 aliphatic heterocycles. The largest absolute Gasteiger partial charge is 0.494 e. The van der Waals surface area contributed by atoms with E-state index in [0.29, 0.717) is 18.6 Å². The first-order valence-corrected chi connectivity index (χ1v) is 6.77. The Morgan fingerprint density at radius 1 is 1.10 bits per heavy atom. The lowest BCUT2D eigenvalue weighted by Gasteiger charge is -2.14. The van der Waals surface area contributed by atoms with Crippen molar-refractivity contribution in [1.82, 2.24) is 0 Å². The van der Waals surface area contributed by atoms with Crippen molar-refractivity contribution in [2.45, 2.75) is 26.3 Å². The van der Waals surface area contributed by atoms with Gasteiger partial charge in [-0.1, -0.05) is 29.8 Å². The summed E-state index contributed by atoms with van der Waals surface area (Å²) in [7, 11) is 0. The van der Waals surface area contributed by atoms with Crippen molar-refractivity contribution in [3.05, 3.63) is 65.0 Å². The SMILES string of the molecule is Cc1cccc(OCCC(N)c2cc(C)ccc2F)c1. The van der Waals surface area contributed by atoms with E-state index in [1.807, 2.05) is 38.1 Å². The van der Waals surface area contributed by atoms with Crippen molar-refractivity contribution < 1.29 is 9.13 Å². The first-order chi connectivity index (χ1) is 9.56. The number of hydrogen-bond acceptors (Lipinski definition) is 2. The van der Waals surface area contributed by atoms with Crippen molar-refractivity contribution in [3.63, 3.8) is 0 Å². The van der Waals surface area contributed by atoms with Gasteiger partial charge in [-0.25, -0.2) is 4.39 Å². The van der Waals surface area contributed by atoms with Crippen molar-refractivity contribution >= 4 is 0 Å². The molecule has 0 aliphatic rings. The highest BCUT2D eigenvalue weighted by Crippen LogP contribution is 2.20. The highest BCUT2D eigenvalue weighted by Gasteiger charge is 2.11. The first kappa shape index (κ1) is 14.5. The van der Waals surface area contributed by atoms with Gasteiger partial charge in [0.15, 0.2) is 0 Å². The lowest BCUT2D eigenvalue weighted by molar-refractivity contribution is 0.297. The fourth-order valence-electron chi connectivity index (χ4n) is 2.11. The van der Waals surface area contributed by atoms with Crippen LogP contribution in [0.15, 0.2) is 42.5 Å². The number of halogens is 1. The Labute approximate surface area is 119 Å². The summed E-state index contributed by atoms with van der Waals surface area (Å²) in [6.07, 6.45) is 0.578. The van der Waals surface area contributed by atoms with Crippen LogP contribution in [-0.2, 0) is 0 Å². The average molecular weight is 273 g/mol. The molecule has 106 valence electrons. The van der Waals surface area contributed by atoms with Crippen molar-refractivity contribution in [2.24, 2.45) is 5.73 Å². The van der Waals surface area contributed by atoms with E-state index in [1.165, 1.54) is 6.07 Å². The second kappa shape index (κ2) is 6.53. The highest BCUT2D eigenvalue weighted by atomic mass is 19.1. The number of nitrogens with two attached hydrogens (primary N) is 1. The molecule has 0 radical (unpaired) electrons. The standard InChI is InChI=1S/C17H20FNO/c1-12-4-3-5-14(10-12)20-9-8-17(19)15-11-13(2)6-7-16(15)18/h3-7,10-11,17H,8-9,19H2,1-2H3. The minimum atomic E-state index is -0.347. The lowest BCUT2D eigenvalue weighted by atomic mass is 10.0. The van der Waals surface area contributed by atoms with Gasteiger partial charge in [0.1, 0.15) is 11.6 Å². The zero-order chi connectivity index (χ0) is 14.5. The molecular weight excluding hydrogens is 253 g/mol. The molecule has 2 aromatic carbocycles. The van der Waals surface area contributed by atoms with E-state index in [-0.39, 0.29) is 11.9 Å². The lowest BCUT2D eigenvalue weighted by Crippen LogP contribution is -2.16. The minimum absolute atomic E-state index is 0.251. The van der Waals surface area contributed by atoms with Crippen LogP contribution < -0.4 is 10.5 Å². The summed E-state index contributed by atoms with van der Waals surface area (Å²) >= 11 is 0. The van der Waals surface area contributed by atoms with Gasteiger partial charge in [0.2, 0.25) is 0 Å². The maximum absolute atomic E-state index is 13.7. The summed E-state index contributed by atoms with van der Waals surface area (Å²) in [4.78, 5) is 0. The average Bonchev–Trinajstić information content (AvgIpc) is 2.41. The Kier molecular flexibility index (Phi) is 4.74. The fourth-order valence-corrected chi connectivity index (χ4v) is 2.11. The Hall–Kier alpha value is -1.87. The normalized spacial score (nSPS) is 12.2. The Balaban J connectivity index is 1.92. The fraction of sp³-hybridized carbons (Fsp3) is 0.294. The smallest absolute Gasteiger partial charge is 0.127 e. The van der Waals surface area contributed by atoms with E-state index in [9.17, 15) is 4.39 Å². The molecule has 0 spiro atoms. The van der Waals surface area contributed by atoms with Gasteiger partial charge in [0.25, 0.3) is 0 Å². The van der Waals surface area contributed by atoms with E-state index in [2.05, 4.69) is 0 Å². The van der Waals surface area contributed by atoms with Crippen LogP contribution in [0.1, 0.15) is 29.2 Å². The molecular formula is C17H20FNO. The molecule has 0 bridgehead atoms. The predicted octanol–water partition coefficient (Wildman–Crippen LogP) is 3.91. The molecule has 0 amide bonds. The third-order valence-electron chi connectivity index (χ3n) is 3.24. The van der Waals surface area contributed by atoms with Crippen LogP contribution in [-0.4, -0.2) is 6.61 Å². The zero-order valence-electron chi connectivity index (χ0n) is 11.9. The summed E-state index contributed by atoms with van der Waals surface area (Å²) in [5, 5.41) is 0. The molecule has 0 heterocycles. The monoisotopic (exact) mass is 273 g/mol. The van der Waals surface area contributed by atoms with Gasteiger partial charge in [0, 0.05) is 18.0 Å². The molecule has 2 aromatic rings. The maximum atomic E-state index is 13.7. The van der Waals surface area contributed by atoms with Crippen molar-refractivity contribution in [3.8, 4) is 5.75 Å². The molecule has 2 rings (SSSR count). The molecule has 0 saturated carbocycles. The second-order valence-corrected chi connectivity index (χ2v) is 5.09. The van der Waals surface area contributed by atoms with Gasteiger partial charge in [-0.15, -0.1) is 0 Å². The molecule has 1 unspecified atom stereocenters. The Morgan fingerprint density at radius 3 is 2.60 bits per heavy atom. The third-order valence-corrected chi connectivity index (χ3v) is 3.24. The molecule has 0 aromatic heterocycles. The Morgan fingerprint density at radius 2 is 1.85 bits per heavy atom. The molecule has 1 atom stereocenters. The molecule has 0 fully saturated rings. The summed E-state index contributed by atoms with van der Waals surface area (Å²) in [6.45, 7) is 4.41. The number of ether oxygens (including phenoxy) is 1. The van der Waals surface area contributed by atoms with E-state index in [4.69, 9.17) is 10.5 Å². The van der Waals surface area contributed by atoms with E-state index in [1.54, 1.807) is 12.1 Å². The number of rotatable bonds is 5. The van der Waals surface area contributed by atoms with Crippen LogP contribution in [0, 0.1) is 19.7 Å². The van der Waals surface area contributed by atoms with Gasteiger partial charge in [-0.3, -0.25) is 0 Å². The van der Waals surface area contributed by atoms with E-state index < -0.39 is 0 Å². The van der Waals surface area contributed by atoms with Gasteiger partial charge < -0.3 is 10.5 Å². The molecule has 3 heteroatoms. The molecule has 0 aliphatic carbocycles. The maximum Gasteiger partial charge on any atom is 0.127 e. The quantitative estimate of drug-likeness (QED) is 0.896. The summed E-state index contributed by atoms with van der Waals surface area (Å²) in [5.41, 5.74) is 8.75. The van der Waals surface area contributed by atoms with Crippen LogP contribution in [0.2, 0.25) is 0 Å². The van der Waals surface area contributed by atoms with Crippen molar-refractivity contribution in [2.75, 3.05) is 6.61 Å². The Bertz CT molecular complexity index is 583.